The summed E-state index contributed by atoms with van der Waals surface area (Å²) in [5, 5.41) is 7.16. The highest BCUT2D eigenvalue weighted by Crippen LogP contribution is 2.50. The second-order valence-corrected chi connectivity index (χ2v) is 8.04. The van der Waals surface area contributed by atoms with Gasteiger partial charge in [-0.2, -0.15) is 0 Å². The van der Waals surface area contributed by atoms with Crippen molar-refractivity contribution in [1.82, 2.24) is 0 Å². The van der Waals surface area contributed by atoms with E-state index in [1.807, 2.05) is 31.2 Å². The number of oxime groups is 1. The molecule has 1 amide bonds. The molecule has 0 saturated heterocycles. The van der Waals surface area contributed by atoms with Crippen LogP contribution >= 0.6 is 0 Å². The van der Waals surface area contributed by atoms with Crippen molar-refractivity contribution >= 4 is 23.1 Å². The van der Waals surface area contributed by atoms with Crippen LogP contribution in [-0.4, -0.2) is 31.6 Å². The molecule has 2 heterocycles. The largest absolute Gasteiger partial charge is 0.493 e. The third-order valence-corrected chi connectivity index (χ3v) is 6.16. The number of rotatable bonds is 5. The van der Waals surface area contributed by atoms with E-state index in [-0.39, 0.29) is 5.78 Å². The molecule has 0 saturated carbocycles. The van der Waals surface area contributed by atoms with E-state index >= 15 is 0 Å². The summed E-state index contributed by atoms with van der Waals surface area (Å²) in [6.45, 7) is 1.95. The molecule has 1 N–H and O–H groups in total. The highest BCUT2D eigenvalue weighted by atomic mass is 16.7. The zero-order valence-electron chi connectivity index (χ0n) is 18.4. The zero-order valence-corrected chi connectivity index (χ0v) is 18.4. The van der Waals surface area contributed by atoms with Crippen molar-refractivity contribution in [3.8, 4) is 11.5 Å². The third kappa shape index (κ3) is 3.08. The lowest BCUT2D eigenvalue weighted by Gasteiger charge is -2.26. The van der Waals surface area contributed by atoms with E-state index in [2.05, 4.69) is 10.5 Å². The van der Waals surface area contributed by atoms with E-state index in [0.29, 0.717) is 39.6 Å². The number of para-hydroxylation sites is 1. The van der Waals surface area contributed by atoms with Gasteiger partial charge in [0.1, 0.15) is 11.6 Å². The van der Waals surface area contributed by atoms with E-state index in [1.165, 1.54) is 7.11 Å². The highest BCUT2D eigenvalue weighted by molar-refractivity contribution is 6.24. The van der Waals surface area contributed by atoms with Crippen LogP contribution in [0.4, 0.5) is 5.69 Å². The molecule has 5 rings (SSSR count). The van der Waals surface area contributed by atoms with Crippen molar-refractivity contribution in [2.45, 2.75) is 12.5 Å². The van der Waals surface area contributed by atoms with Crippen LogP contribution in [0.3, 0.4) is 0 Å². The lowest BCUT2D eigenvalue weighted by atomic mass is 9.74. The number of methoxy groups -OCH3 is 2. The number of benzene rings is 3. The molecular formula is C26H22N2O5. The van der Waals surface area contributed by atoms with Gasteiger partial charge in [0.25, 0.3) is 11.5 Å². The van der Waals surface area contributed by atoms with E-state index < -0.39 is 17.4 Å². The Morgan fingerprint density at radius 1 is 1.00 bits per heavy atom. The molecular weight excluding hydrogens is 420 g/mol. The van der Waals surface area contributed by atoms with Gasteiger partial charge in [0.05, 0.1) is 14.2 Å². The molecule has 2 aliphatic heterocycles. The van der Waals surface area contributed by atoms with E-state index in [9.17, 15) is 9.59 Å². The molecule has 3 aromatic carbocycles. The van der Waals surface area contributed by atoms with Gasteiger partial charge in [-0.15, -0.1) is 0 Å². The van der Waals surface area contributed by atoms with Gasteiger partial charge >= 0.3 is 0 Å². The van der Waals surface area contributed by atoms with Crippen LogP contribution in [0.1, 0.15) is 27.0 Å². The Labute approximate surface area is 191 Å². The number of ketones is 1. The van der Waals surface area contributed by atoms with Gasteiger partial charge in [-0.25, -0.2) is 0 Å². The van der Waals surface area contributed by atoms with Gasteiger partial charge in [0, 0.05) is 22.4 Å². The lowest BCUT2D eigenvalue weighted by Crippen LogP contribution is -2.46. The van der Waals surface area contributed by atoms with Crippen LogP contribution < -0.4 is 14.8 Å². The van der Waals surface area contributed by atoms with Gasteiger partial charge in [-0.1, -0.05) is 53.2 Å². The van der Waals surface area contributed by atoms with Gasteiger partial charge < -0.3 is 19.6 Å². The minimum Gasteiger partial charge on any atom is -0.493 e. The third-order valence-electron chi connectivity index (χ3n) is 6.16. The summed E-state index contributed by atoms with van der Waals surface area (Å²) in [6, 6.07) is 19.7. The number of hydrogen-bond donors (Lipinski definition) is 1. The number of carbonyl (C=O) groups is 2. The van der Waals surface area contributed by atoms with Crippen molar-refractivity contribution in [2.24, 2.45) is 11.1 Å². The van der Waals surface area contributed by atoms with Gasteiger partial charge in [-0.05, 0) is 31.2 Å². The SMILES string of the molecule is COc1ccc(C2=NO[C@]3(C(=O)Nc4ccccc43)[C@H]2C(=O)c2ccc(C)cc2)cc1OC. The number of nitrogens with one attached hydrogen (secondary N) is 1. The second kappa shape index (κ2) is 7.78. The quantitative estimate of drug-likeness (QED) is 0.602. The Hall–Kier alpha value is -4.13. The first kappa shape index (κ1) is 20.8. The number of ether oxygens (including phenoxy) is 2. The Kier molecular flexibility index (Phi) is 4.89. The fraction of sp³-hybridized carbons (Fsp3) is 0.192. The molecule has 7 nitrogen and oxygen atoms in total. The summed E-state index contributed by atoms with van der Waals surface area (Å²) in [6.07, 6.45) is 0. The minimum atomic E-state index is -1.60. The van der Waals surface area contributed by atoms with Crippen molar-refractivity contribution in [3.05, 3.63) is 89.0 Å². The van der Waals surface area contributed by atoms with E-state index in [1.54, 1.807) is 49.6 Å². The number of amides is 1. The predicted molar refractivity (Wildman–Crippen MR) is 123 cm³/mol. The Balaban J connectivity index is 1.68. The lowest BCUT2D eigenvalue weighted by molar-refractivity contribution is -0.140. The smallest absolute Gasteiger partial charge is 0.277 e. The topological polar surface area (TPSA) is 86.2 Å². The first-order valence-corrected chi connectivity index (χ1v) is 10.5. The summed E-state index contributed by atoms with van der Waals surface area (Å²) in [7, 11) is 3.08. The summed E-state index contributed by atoms with van der Waals surface area (Å²) < 4.78 is 10.8. The van der Waals surface area contributed by atoms with Gasteiger partial charge in [-0.3, -0.25) is 9.59 Å². The summed E-state index contributed by atoms with van der Waals surface area (Å²) in [4.78, 5) is 33.2. The molecule has 2 aliphatic rings. The summed E-state index contributed by atoms with van der Waals surface area (Å²) >= 11 is 0. The number of aryl methyl sites for hydroxylation is 1. The number of carbonyl (C=O) groups excluding carboxylic acids is 2. The van der Waals surface area contributed by atoms with Gasteiger partial charge in [0.15, 0.2) is 17.3 Å². The maximum atomic E-state index is 13.9. The monoisotopic (exact) mass is 442 g/mol. The number of hydrogen-bond acceptors (Lipinski definition) is 6. The predicted octanol–water partition coefficient (Wildman–Crippen LogP) is 4.09. The molecule has 3 aromatic rings. The molecule has 166 valence electrons. The molecule has 2 atom stereocenters. The molecule has 0 bridgehead atoms. The molecule has 7 heteroatoms. The maximum absolute atomic E-state index is 13.9. The van der Waals surface area contributed by atoms with Gasteiger partial charge in [0.2, 0.25) is 0 Å². The number of Topliss-reactive ketones (excluding diaryl/α,β-unsaturated/α-hetero) is 1. The van der Waals surface area contributed by atoms with E-state index in [4.69, 9.17) is 14.3 Å². The first-order chi connectivity index (χ1) is 16.0. The Morgan fingerprint density at radius 3 is 2.45 bits per heavy atom. The Bertz CT molecular complexity index is 1300. The molecule has 0 unspecified atom stereocenters. The molecule has 0 aromatic heterocycles. The van der Waals surface area contributed by atoms with Crippen molar-refractivity contribution in [2.75, 3.05) is 19.5 Å². The average Bonchev–Trinajstić information content (AvgIpc) is 3.37. The summed E-state index contributed by atoms with van der Waals surface area (Å²) in [5.74, 6) is -0.652. The van der Waals surface area contributed by atoms with Crippen LogP contribution in [0, 0.1) is 12.8 Å². The van der Waals surface area contributed by atoms with Crippen LogP contribution in [0.5, 0.6) is 11.5 Å². The zero-order chi connectivity index (χ0) is 23.2. The number of anilines is 1. The fourth-order valence-corrected chi connectivity index (χ4v) is 4.46. The second-order valence-electron chi connectivity index (χ2n) is 8.04. The normalized spacial score (nSPS) is 20.6. The molecule has 0 fully saturated rings. The van der Waals surface area contributed by atoms with Crippen molar-refractivity contribution < 1.29 is 23.9 Å². The molecule has 1 spiro atoms. The van der Waals surface area contributed by atoms with Crippen molar-refractivity contribution in [1.29, 1.82) is 0 Å². The van der Waals surface area contributed by atoms with Crippen LogP contribution in [0.25, 0.3) is 0 Å². The fourth-order valence-electron chi connectivity index (χ4n) is 4.46. The van der Waals surface area contributed by atoms with Crippen molar-refractivity contribution in [3.63, 3.8) is 0 Å². The van der Waals surface area contributed by atoms with Crippen LogP contribution in [-0.2, 0) is 15.2 Å². The van der Waals surface area contributed by atoms with E-state index in [0.717, 1.165) is 5.56 Å². The number of nitrogens with zero attached hydrogens (tertiary/aromatic N) is 1. The molecule has 0 radical (unpaired) electrons. The van der Waals surface area contributed by atoms with Crippen LogP contribution in [0.2, 0.25) is 0 Å². The standard InChI is InChI=1S/C26H22N2O5/c1-15-8-10-16(11-9-15)24(29)22-23(17-12-13-20(31-2)21(14-17)32-3)28-33-26(22)18-6-4-5-7-19(18)27-25(26)30/h4-14,22H,1-3H3,(H,27,30)/t22-,26+/m1/s1. The molecule has 33 heavy (non-hydrogen) atoms. The minimum absolute atomic E-state index is 0.257. The average molecular weight is 442 g/mol. The van der Waals surface area contributed by atoms with Crippen LogP contribution in [0.15, 0.2) is 71.9 Å². The number of fused-ring (bicyclic) bond motifs is 2. The summed E-state index contributed by atoms with van der Waals surface area (Å²) in [5.41, 5.74) is 2.05. The Morgan fingerprint density at radius 2 is 1.73 bits per heavy atom. The molecule has 0 aliphatic carbocycles. The highest BCUT2D eigenvalue weighted by Gasteiger charge is 2.63. The maximum Gasteiger partial charge on any atom is 0.277 e. The first-order valence-electron chi connectivity index (χ1n) is 10.5.